The van der Waals surface area contributed by atoms with Gasteiger partial charge in [-0.3, -0.25) is 4.79 Å². The number of carbonyl (C=O) groups excluding carboxylic acids is 1. The number of carbonyl (C=O) groups is 2. The fourth-order valence-electron chi connectivity index (χ4n) is 1.44. The number of unbranched alkanes of at least 4 members (excludes halogenated alkanes) is 1. The maximum atomic E-state index is 11.2. The number of rotatable bonds is 9. The largest absolute Gasteiger partial charge is 0.481 e. The van der Waals surface area contributed by atoms with Gasteiger partial charge in [-0.15, -0.1) is 0 Å². The van der Waals surface area contributed by atoms with Gasteiger partial charge in [0.1, 0.15) is 0 Å². The minimum Gasteiger partial charge on any atom is -0.481 e. The molecule has 0 aliphatic heterocycles. The van der Waals surface area contributed by atoms with Crippen LogP contribution in [-0.4, -0.2) is 34.9 Å². The third-order valence-electron chi connectivity index (χ3n) is 2.64. The summed E-state index contributed by atoms with van der Waals surface area (Å²) in [6.07, 6.45) is 1.89. The molecular formula is C12H22O5. The Hall–Kier alpha value is -1.10. The predicted octanol–water partition coefficient (Wildman–Crippen LogP) is 1.58. The van der Waals surface area contributed by atoms with Gasteiger partial charge in [-0.1, -0.05) is 33.1 Å². The zero-order valence-electron chi connectivity index (χ0n) is 10.5. The van der Waals surface area contributed by atoms with Crippen LogP contribution in [0.15, 0.2) is 0 Å². The highest BCUT2D eigenvalue weighted by Gasteiger charge is 2.21. The quantitative estimate of drug-likeness (QED) is 0.603. The molecule has 5 heteroatoms. The number of aliphatic hydroxyl groups excluding tert-OH is 1. The van der Waals surface area contributed by atoms with E-state index in [-0.39, 0.29) is 12.5 Å². The van der Waals surface area contributed by atoms with Crippen molar-refractivity contribution >= 4 is 11.9 Å². The van der Waals surface area contributed by atoms with Crippen LogP contribution < -0.4 is 0 Å². The fourth-order valence-corrected chi connectivity index (χ4v) is 1.44. The zero-order valence-corrected chi connectivity index (χ0v) is 10.5. The number of carboxylic acids is 1. The first-order valence-corrected chi connectivity index (χ1v) is 6.07. The molecule has 5 nitrogen and oxygen atoms in total. The van der Waals surface area contributed by atoms with Crippen molar-refractivity contribution in [3.63, 3.8) is 0 Å². The number of hydrogen-bond donors (Lipinski definition) is 2. The molecule has 100 valence electrons. The van der Waals surface area contributed by atoms with Crippen LogP contribution in [0.4, 0.5) is 0 Å². The SMILES string of the molecule is CCCCC(CC)COC(=O)C(O)CC(=O)O. The Labute approximate surface area is 102 Å². The molecule has 0 saturated heterocycles. The molecule has 0 heterocycles. The highest BCUT2D eigenvalue weighted by molar-refractivity contribution is 5.80. The summed E-state index contributed by atoms with van der Waals surface area (Å²) in [4.78, 5) is 21.5. The molecule has 0 aliphatic rings. The van der Waals surface area contributed by atoms with Crippen LogP contribution in [-0.2, 0) is 14.3 Å². The summed E-state index contributed by atoms with van der Waals surface area (Å²) < 4.78 is 4.90. The minimum absolute atomic E-state index is 0.256. The maximum Gasteiger partial charge on any atom is 0.335 e. The molecule has 17 heavy (non-hydrogen) atoms. The van der Waals surface area contributed by atoms with Crippen LogP contribution >= 0.6 is 0 Å². The average Bonchev–Trinajstić information content (AvgIpc) is 2.28. The molecule has 0 fully saturated rings. The second-order valence-electron chi connectivity index (χ2n) is 4.16. The molecule has 0 aromatic heterocycles. The van der Waals surface area contributed by atoms with Crippen molar-refractivity contribution in [1.29, 1.82) is 0 Å². The number of aliphatic hydroxyl groups is 1. The van der Waals surface area contributed by atoms with Crippen molar-refractivity contribution in [1.82, 2.24) is 0 Å². The van der Waals surface area contributed by atoms with Gasteiger partial charge in [0, 0.05) is 0 Å². The van der Waals surface area contributed by atoms with Crippen LogP contribution in [0.1, 0.15) is 46.0 Å². The molecule has 0 bridgehead atoms. The Morgan fingerprint density at radius 3 is 2.41 bits per heavy atom. The van der Waals surface area contributed by atoms with Crippen molar-refractivity contribution in [2.45, 2.75) is 52.1 Å². The van der Waals surface area contributed by atoms with E-state index in [9.17, 15) is 14.7 Å². The summed E-state index contributed by atoms with van der Waals surface area (Å²) >= 11 is 0. The molecule has 0 aromatic carbocycles. The Bertz CT molecular complexity index is 239. The summed E-state index contributed by atoms with van der Waals surface area (Å²) in [5.74, 6) is -1.77. The number of ether oxygens (including phenoxy) is 1. The van der Waals surface area contributed by atoms with Gasteiger partial charge in [0.2, 0.25) is 0 Å². The smallest absolute Gasteiger partial charge is 0.335 e. The normalized spacial score (nSPS) is 14.1. The van der Waals surface area contributed by atoms with Crippen LogP contribution in [0, 0.1) is 5.92 Å². The standard InChI is InChI=1S/C12H22O5/c1-3-5-6-9(4-2)8-17-12(16)10(13)7-11(14)15/h9-10,13H,3-8H2,1-2H3,(H,14,15). The lowest BCUT2D eigenvalue weighted by Crippen LogP contribution is -2.27. The van der Waals surface area contributed by atoms with Gasteiger partial charge in [0.15, 0.2) is 6.10 Å². The number of hydrogen-bond acceptors (Lipinski definition) is 4. The highest BCUT2D eigenvalue weighted by atomic mass is 16.5. The lowest BCUT2D eigenvalue weighted by molar-refractivity contribution is -0.159. The van der Waals surface area contributed by atoms with Crippen molar-refractivity contribution in [2.24, 2.45) is 5.92 Å². The molecule has 0 saturated carbocycles. The second kappa shape index (κ2) is 8.98. The molecule has 2 atom stereocenters. The molecule has 0 aliphatic carbocycles. The van der Waals surface area contributed by atoms with Crippen LogP contribution in [0.3, 0.4) is 0 Å². The van der Waals surface area contributed by atoms with E-state index in [1.807, 2.05) is 6.92 Å². The first-order chi connectivity index (χ1) is 8.01. The Balaban J connectivity index is 3.90. The highest BCUT2D eigenvalue weighted by Crippen LogP contribution is 2.13. The number of esters is 1. The van der Waals surface area contributed by atoms with Crippen molar-refractivity contribution < 1.29 is 24.5 Å². The van der Waals surface area contributed by atoms with Crippen molar-refractivity contribution in [3.05, 3.63) is 0 Å². The van der Waals surface area contributed by atoms with Crippen LogP contribution in [0.2, 0.25) is 0 Å². The zero-order chi connectivity index (χ0) is 13.3. The van der Waals surface area contributed by atoms with Gasteiger partial charge in [-0.25, -0.2) is 4.79 Å². The third-order valence-corrected chi connectivity index (χ3v) is 2.64. The van der Waals surface area contributed by atoms with Crippen molar-refractivity contribution in [3.8, 4) is 0 Å². The average molecular weight is 246 g/mol. The van der Waals surface area contributed by atoms with E-state index in [2.05, 4.69) is 6.92 Å². The monoisotopic (exact) mass is 246 g/mol. The van der Waals surface area contributed by atoms with Gasteiger partial charge in [0.05, 0.1) is 13.0 Å². The molecular weight excluding hydrogens is 224 g/mol. The number of carboxylic acid groups (broad SMARTS) is 1. The summed E-state index contributed by atoms with van der Waals surface area (Å²) in [5, 5.41) is 17.6. The van der Waals surface area contributed by atoms with Gasteiger partial charge in [-0.05, 0) is 12.3 Å². The molecule has 2 unspecified atom stereocenters. The van der Waals surface area contributed by atoms with E-state index in [1.165, 1.54) is 0 Å². The molecule has 0 aromatic rings. The summed E-state index contributed by atoms with van der Waals surface area (Å²) in [6.45, 7) is 4.36. The van der Waals surface area contributed by atoms with E-state index in [0.717, 1.165) is 25.7 Å². The predicted molar refractivity (Wildman–Crippen MR) is 62.5 cm³/mol. The molecule has 0 radical (unpaired) electrons. The van der Waals surface area contributed by atoms with Crippen LogP contribution in [0.25, 0.3) is 0 Å². The van der Waals surface area contributed by atoms with Crippen LogP contribution in [0.5, 0.6) is 0 Å². The molecule has 0 rings (SSSR count). The lowest BCUT2D eigenvalue weighted by atomic mass is 10.0. The first kappa shape index (κ1) is 15.9. The maximum absolute atomic E-state index is 11.2. The van der Waals surface area contributed by atoms with E-state index in [1.54, 1.807) is 0 Å². The minimum atomic E-state index is -1.56. The Kier molecular flexibility index (Phi) is 8.40. The first-order valence-electron chi connectivity index (χ1n) is 6.07. The Morgan fingerprint density at radius 1 is 1.29 bits per heavy atom. The molecule has 2 N–H and O–H groups in total. The van der Waals surface area contributed by atoms with Gasteiger partial charge >= 0.3 is 11.9 Å². The Morgan fingerprint density at radius 2 is 1.94 bits per heavy atom. The van der Waals surface area contributed by atoms with E-state index < -0.39 is 24.5 Å². The fraction of sp³-hybridized carbons (Fsp3) is 0.833. The van der Waals surface area contributed by atoms with E-state index in [4.69, 9.17) is 9.84 Å². The van der Waals surface area contributed by atoms with Gasteiger partial charge < -0.3 is 14.9 Å². The lowest BCUT2D eigenvalue weighted by Gasteiger charge is -2.15. The topological polar surface area (TPSA) is 83.8 Å². The second-order valence-corrected chi connectivity index (χ2v) is 4.16. The summed E-state index contributed by atoms with van der Waals surface area (Å²) in [6, 6.07) is 0. The molecule has 0 amide bonds. The van der Waals surface area contributed by atoms with Gasteiger partial charge in [0.25, 0.3) is 0 Å². The summed E-state index contributed by atoms with van der Waals surface area (Å²) in [7, 11) is 0. The van der Waals surface area contributed by atoms with Gasteiger partial charge in [-0.2, -0.15) is 0 Å². The van der Waals surface area contributed by atoms with E-state index in [0.29, 0.717) is 0 Å². The van der Waals surface area contributed by atoms with E-state index >= 15 is 0 Å². The summed E-state index contributed by atoms with van der Waals surface area (Å²) in [5.41, 5.74) is 0. The number of aliphatic carboxylic acids is 1. The molecule has 0 spiro atoms. The third kappa shape index (κ3) is 7.74. The van der Waals surface area contributed by atoms with Crippen molar-refractivity contribution in [2.75, 3.05) is 6.61 Å².